The summed E-state index contributed by atoms with van der Waals surface area (Å²) in [5.74, 6) is -2.47. The van der Waals surface area contributed by atoms with Gasteiger partial charge in [0.2, 0.25) is 12.1 Å². The molecule has 116 valence electrons. The van der Waals surface area contributed by atoms with E-state index in [0.717, 1.165) is 11.0 Å². The number of nitrogens with zero attached hydrogens (tertiary/aromatic N) is 1. The Morgan fingerprint density at radius 3 is 2.87 bits per heavy atom. The molecule has 2 aromatic rings. The van der Waals surface area contributed by atoms with Crippen molar-refractivity contribution in [2.75, 3.05) is 0 Å². The number of aliphatic carboxylic acids is 1. The van der Waals surface area contributed by atoms with E-state index in [4.69, 9.17) is 0 Å². The Labute approximate surface area is 134 Å². The Morgan fingerprint density at radius 1 is 1.48 bits per heavy atom. The van der Waals surface area contributed by atoms with E-state index in [1.54, 1.807) is 29.4 Å². The molecule has 0 spiro atoms. The van der Waals surface area contributed by atoms with Crippen molar-refractivity contribution in [2.24, 2.45) is 0 Å². The number of aromatic nitrogens is 2. The van der Waals surface area contributed by atoms with Gasteiger partial charge in [0.15, 0.2) is 33.2 Å². The van der Waals surface area contributed by atoms with Gasteiger partial charge in [0, 0.05) is 0 Å². The second-order valence-electron chi connectivity index (χ2n) is 5.38. The zero-order valence-corrected chi connectivity index (χ0v) is 12.8. The summed E-state index contributed by atoms with van der Waals surface area (Å²) in [6, 6.07) is 2.75. The van der Waals surface area contributed by atoms with Gasteiger partial charge in [0.1, 0.15) is 12.4 Å². The standard InChI is InChI=1S/C15H10FN3O3S/c1-7-19-10-5-11(18-3-2-17-6-18)9(16)4-8(10)13(20)12(15(21)22)14(19)23-7/h2-7H,1H3,(H,21,22)/p+2. The van der Waals surface area contributed by atoms with E-state index in [9.17, 15) is 19.1 Å². The van der Waals surface area contributed by atoms with Crippen LogP contribution in [0.1, 0.15) is 17.3 Å². The highest BCUT2D eigenvalue weighted by Gasteiger charge is 2.50. The minimum absolute atomic E-state index is 0.0701. The van der Waals surface area contributed by atoms with E-state index in [2.05, 4.69) is 4.98 Å². The molecule has 2 atom stereocenters. The number of hydrogen-bond acceptors (Lipinski definition) is 3. The summed E-state index contributed by atoms with van der Waals surface area (Å²) in [6.45, 7) is 1.94. The number of Topliss-reactive ketones (excluding diaryl/α,β-unsaturated/α-hetero) is 1. The Morgan fingerprint density at radius 2 is 2.26 bits per heavy atom. The van der Waals surface area contributed by atoms with Crippen LogP contribution in [0.25, 0.3) is 5.69 Å². The molecular formula is C15H12FN3O3S+2. The molecule has 2 aliphatic rings. The number of thioether (sulfide) groups is 1. The number of carbonyl (C=O) groups is 2. The molecule has 2 aliphatic heterocycles. The number of H-pyrrole nitrogens is 1. The van der Waals surface area contributed by atoms with Crippen LogP contribution in [-0.2, 0) is 4.79 Å². The van der Waals surface area contributed by atoms with Crippen molar-refractivity contribution in [1.29, 1.82) is 0 Å². The number of carboxylic acid groups (broad SMARTS) is 1. The Hall–Kier alpha value is -2.45. The normalized spacial score (nSPS) is 22.4. The first-order chi connectivity index (χ1) is 11.0. The molecule has 6 nitrogen and oxygen atoms in total. The quantitative estimate of drug-likeness (QED) is 0.553. The van der Waals surface area contributed by atoms with Crippen molar-refractivity contribution in [3.05, 3.63) is 52.8 Å². The second-order valence-corrected chi connectivity index (χ2v) is 6.73. The number of carbonyl (C=O) groups excluding carboxylic acids is 1. The van der Waals surface area contributed by atoms with Crippen LogP contribution in [0.15, 0.2) is 41.5 Å². The first kappa shape index (κ1) is 14.2. The highest BCUT2D eigenvalue weighted by Crippen LogP contribution is 2.37. The van der Waals surface area contributed by atoms with E-state index in [1.165, 1.54) is 11.8 Å². The summed E-state index contributed by atoms with van der Waals surface area (Å²) in [4.78, 5) is 27.5. The molecule has 4 rings (SSSR count). The van der Waals surface area contributed by atoms with Crippen LogP contribution >= 0.6 is 11.8 Å². The minimum Gasteiger partial charge on any atom is -0.477 e. The van der Waals surface area contributed by atoms with Gasteiger partial charge >= 0.3 is 5.97 Å². The van der Waals surface area contributed by atoms with Crippen LogP contribution < -0.4 is 9.47 Å². The van der Waals surface area contributed by atoms with Crippen molar-refractivity contribution in [3.8, 4) is 5.69 Å². The zero-order chi connectivity index (χ0) is 16.3. The van der Waals surface area contributed by atoms with Crippen LogP contribution in [0.5, 0.6) is 0 Å². The molecule has 3 heterocycles. The SMILES string of the molecule is CC1SC2=C(C(=O)O)C(=O)c3cc(F)c(-[n+]4cc[nH]c4)cc3[NH+]21. The fraction of sp³-hybridized carbons (Fsp3) is 0.133. The average Bonchev–Trinajstić information content (AvgIpc) is 3.00. The van der Waals surface area contributed by atoms with Gasteiger partial charge in [-0.2, -0.15) is 4.57 Å². The molecule has 3 N–H and O–H groups in total. The van der Waals surface area contributed by atoms with Crippen molar-refractivity contribution >= 4 is 29.2 Å². The number of hydrogen-bond donors (Lipinski definition) is 3. The van der Waals surface area contributed by atoms with E-state index < -0.39 is 17.6 Å². The molecule has 23 heavy (non-hydrogen) atoms. The van der Waals surface area contributed by atoms with Crippen LogP contribution in [0.3, 0.4) is 0 Å². The third-order valence-corrected chi connectivity index (χ3v) is 5.31. The molecule has 2 unspecified atom stereocenters. The van der Waals surface area contributed by atoms with Crippen LogP contribution in [0.4, 0.5) is 10.1 Å². The van der Waals surface area contributed by atoms with Gasteiger partial charge in [-0.15, -0.1) is 0 Å². The number of ketones is 1. The average molecular weight is 333 g/mol. The number of halogens is 1. The van der Waals surface area contributed by atoms with Crippen LogP contribution in [0, 0.1) is 5.82 Å². The third kappa shape index (κ3) is 1.88. The van der Waals surface area contributed by atoms with Gasteiger partial charge < -0.3 is 5.11 Å². The molecule has 0 saturated carbocycles. The molecule has 0 aliphatic carbocycles. The predicted molar refractivity (Wildman–Crippen MR) is 79.0 cm³/mol. The molecule has 1 aromatic carbocycles. The fourth-order valence-electron chi connectivity index (χ4n) is 3.00. The molecular weight excluding hydrogens is 321 g/mol. The number of rotatable bonds is 2. The molecule has 1 aromatic heterocycles. The first-order valence-electron chi connectivity index (χ1n) is 6.93. The molecule has 0 bridgehead atoms. The maximum atomic E-state index is 14.4. The van der Waals surface area contributed by atoms with Gasteiger partial charge in [-0.05, 0) is 24.8 Å². The molecule has 1 fully saturated rings. The zero-order valence-electron chi connectivity index (χ0n) is 12.0. The summed E-state index contributed by atoms with van der Waals surface area (Å²) in [7, 11) is 0. The number of fused-ring (bicyclic) bond motifs is 3. The van der Waals surface area contributed by atoms with Crippen LogP contribution in [0.2, 0.25) is 0 Å². The lowest BCUT2D eigenvalue weighted by atomic mass is 9.96. The summed E-state index contributed by atoms with van der Waals surface area (Å²) < 4.78 is 16.0. The van der Waals surface area contributed by atoms with Gasteiger partial charge in [-0.1, -0.05) is 0 Å². The number of nitrogens with one attached hydrogen (secondary N) is 2. The first-order valence-corrected chi connectivity index (χ1v) is 7.81. The number of aromatic amines is 1. The number of imidazole rings is 1. The number of carboxylic acids is 1. The lowest BCUT2D eigenvalue weighted by molar-refractivity contribution is -0.806. The Bertz CT molecular complexity index is 892. The van der Waals surface area contributed by atoms with Crippen molar-refractivity contribution in [2.45, 2.75) is 12.3 Å². The summed E-state index contributed by atoms with van der Waals surface area (Å²) in [5, 5.41) is 9.88. The summed E-state index contributed by atoms with van der Waals surface area (Å²) >= 11 is 1.36. The van der Waals surface area contributed by atoms with Crippen molar-refractivity contribution in [3.63, 3.8) is 0 Å². The molecule has 1 saturated heterocycles. The largest absolute Gasteiger partial charge is 0.477 e. The minimum atomic E-state index is -1.27. The van der Waals surface area contributed by atoms with Gasteiger partial charge in [-0.3, -0.25) is 9.69 Å². The van der Waals surface area contributed by atoms with E-state index in [-0.39, 0.29) is 16.5 Å². The maximum absolute atomic E-state index is 14.4. The van der Waals surface area contributed by atoms with Crippen molar-refractivity contribution in [1.82, 2.24) is 4.98 Å². The number of benzene rings is 1. The van der Waals surface area contributed by atoms with Gasteiger partial charge in [0.05, 0.1) is 11.6 Å². The molecule has 0 amide bonds. The molecule has 0 radical (unpaired) electrons. The van der Waals surface area contributed by atoms with Gasteiger partial charge in [-0.25, -0.2) is 14.2 Å². The summed E-state index contributed by atoms with van der Waals surface area (Å²) in [5.41, 5.74) is 0.793. The second kappa shape index (κ2) is 4.77. The lowest BCUT2D eigenvalue weighted by Crippen LogP contribution is -3.14. The van der Waals surface area contributed by atoms with E-state index in [1.807, 2.05) is 6.92 Å². The predicted octanol–water partition coefficient (Wildman–Crippen LogP) is 0.532. The number of quaternary nitrogens is 1. The molecule has 8 heteroatoms. The highest BCUT2D eigenvalue weighted by atomic mass is 32.2. The smallest absolute Gasteiger partial charge is 0.346 e. The lowest BCUT2D eigenvalue weighted by Gasteiger charge is -2.39. The Balaban J connectivity index is 1.94. The van der Waals surface area contributed by atoms with E-state index >= 15 is 0 Å². The summed E-state index contributed by atoms with van der Waals surface area (Å²) in [6.07, 6.45) is 4.92. The Kier molecular flexibility index (Phi) is 2.94. The van der Waals surface area contributed by atoms with Crippen molar-refractivity contribution < 1.29 is 28.6 Å². The van der Waals surface area contributed by atoms with E-state index in [0.29, 0.717) is 16.4 Å². The monoisotopic (exact) mass is 333 g/mol. The topological polar surface area (TPSA) is 78.5 Å². The third-order valence-electron chi connectivity index (χ3n) is 4.06. The maximum Gasteiger partial charge on any atom is 0.346 e. The fourth-order valence-corrected chi connectivity index (χ4v) is 4.24. The van der Waals surface area contributed by atoms with Crippen LogP contribution in [-0.4, -0.2) is 27.2 Å². The van der Waals surface area contributed by atoms with Gasteiger partial charge in [0.25, 0.3) is 0 Å². The highest BCUT2D eigenvalue weighted by molar-refractivity contribution is 8.04.